The molecular weight excluding hydrogens is 343 g/mol. The molecule has 0 aromatic heterocycles. The van der Waals surface area contributed by atoms with Crippen LogP contribution in [-0.4, -0.2) is 25.1 Å². The lowest BCUT2D eigenvalue weighted by Gasteiger charge is -2.29. The van der Waals surface area contributed by atoms with Crippen LogP contribution in [0.3, 0.4) is 0 Å². The molecule has 138 valence electrons. The predicted octanol–water partition coefficient (Wildman–Crippen LogP) is 5.09. The van der Waals surface area contributed by atoms with Crippen molar-refractivity contribution in [3.8, 4) is 5.75 Å². The van der Waals surface area contributed by atoms with Gasteiger partial charge in [-0.15, -0.1) is 0 Å². The van der Waals surface area contributed by atoms with Gasteiger partial charge in [0.25, 0.3) is 0 Å². The number of carbonyl (C=O) groups is 1. The van der Waals surface area contributed by atoms with Crippen molar-refractivity contribution in [3.05, 3.63) is 95.8 Å². The van der Waals surface area contributed by atoms with Crippen molar-refractivity contribution in [1.82, 2.24) is 4.90 Å². The van der Waals surface area contributed by atoms with E-state index in [0.29, 0.717) is 11.4 Å². The molecule has 0 heterocycles. The van der Waals surface area contributed by atoms with E-state index in [1.807, 2.05) is 42.5 Å². The lowest BCUT2D eigenvalue weighted by Crippen LogP contribution is -2.35. The zero-order valence-corrected chi connectivity index (χ0v) is 15.2. The lowest BCUT2D eigenvalue weighted by atomic mass is 9.97. The third kappa shape index (κ3) is 4.26. The molecule has 0 spiro atoms. The van der Waals surface area contributed by atoms with Gasteiger partial charge in [0.15, 0.2) is 0 Å². The van der Waals surface area contributed by atoms with Crippen LogP contribution in [0.1, 0.15) is 17.2 Å². The summed E-state index contributed by atoms with van der Waals surface area (Å²) in [7, 11) is 3.27. The summed E-state index contributed by atoms with van der Waals surface area (Å²) in [6.45, 7) is 0. The fourth-order valence-electron chi connectivity index (χ4n) is 2.99. The highest BCUT2D eigenvalue weighted by Gasteiger charge is 2.24. The lowest BCUT2D eigenvalue weighted by molar-refractivity contribution is 0.212. The van der Waals surface area contributed by atoms with E-state index in [4.69, 9.17) is 4.74 Å². The Labute approximate surface area is 158 Å². The van der Waals surface area contributed by atoms with Crippen LogP contribution in [0.25, 0.3) is 0 Å². The number of ether oxygens (including phenoxy) is 1. The topological polar surface area (TPSA) is 41.6 Å². The molecule has 0 bridgehead atoms. The van der Waals surface area contributed by atoms with E-state index in [2.05, 4.69) is 5.32 Å². The maximum absolute atomic E-state index is 13.4. The summed E-state index contributed by atoms with van der Waals surface area (Å²) in [6, 6.07) is 22.4. The number of halogens is 1. The molecule has 3 aromatic carbocycles. The Kier molecular flexibility index (Phi) is 5.71. The summed E-state index contributed by atoms with van der Waals surface area (Å²) in [6.07, 6.45) is 0. The van der Waals surface area contributed by atoms with Gasteiger partial charge in [-0.2, -0.15) is 0 Å². The molecule has 27 heavy (non-hydrogen) atoms. The largest absolute Gasteiger partial charge is 0.495 e. The zero-order chi connectivity index (χ0) is 19.2. The molecule has 5 heteroatoms. The number of carbonyl (C=O) groups excluding carboxylic acids is 1. The fraction of sp³-hybridized carbons (Fsp3) is 0.136. The molecule has 0 saturated carbocycles. The van der Waals surface area contributed by atoms with Crippen molar-refractivity contribution in [3.63, 3.8) is 0 Å². The number of methoxy groups -OCH3 is 1. The summed E-state index contributed by atoms with van der Waals surface area (Å²) >= 11 is 0. The van der Waals surface area contributed by atoms with Crippen LogP contribution in [0, 0.1) is 5.82 Å². The van der Waals surface area contributed by atoms with Gasteiger partial charge in [-0.05, 0) is 35.4 Å². The van der Waals surface area contributed by atoms with Gasteiger partial charge < -0.3 is 15.0 Å². The van der Waals surface area contributed by atoms with Crippen molar-refractivity contribution < 1.29 is 13.9 Å². The Bertz CT molecular complexity index is 898. The second-order valence-corrected chi connectivity index (χ2v) is 6.11. The van der Waals surface area contributed by atoms with E-state index in [1.165, 1.54) is 12.1 Å². The highest BCUT2D eigenvalue weighted by Crippen LogP contribution is 2.29. The third-order valence-corrected chi connectivity index (χ3v) is 4.36. The highest BCUT2D eigenvalue weighted by atomic mass is 19.1. The average Bonchev–Trinajstić information content (AvgIpc) is 2.70. The van der Waals surface area contributed by atoms with Gasteiger partial charge in [0.05, 0.1) is 18.8 Å². The van der Waals surface area contributed by atoms with Gasteiger partial charge in [0.1, 0.15) is 11.6 Å². The molecule has 0 aliphatic rings. The van der Waals surface area contributed by atoms with Gasteiger partial charge in [-0.25, -0.2) is 9.18 Å². The van der Waals surface area contributed by atoms with Crippen LogP contribution < -0.4 is 10.1 Å². The molecule has 0 radical (unpaired) electrons. The fourth-order valence-corrected chi connectivity index (χ4v) is 2.99. The first-order chi connectivity index (χ1) is 13.1. The maximum Gasteiger partial charge on any atom is 0.322 e. The van der Waals surface area contributed by atoms with Gasteiger partial charge in [0.2, 0.25) is 0 Å². The SMILES string of the molecule is COc1ccccc1NC(=O)N(C)[C@H](c1ccccc1)c1ccc(F)cc1. The number of para-hydroxylation sites is 2. The second-order valence-electron chi connectivity index (χ2n) is 6.11. The monoisotopic (exact) mass is 364 g/mol. The van der Waals surface area contributed by atoms with E-state index in [9.17, 15) is 9.18 Å². The summed E-state index contributed by atoms with van der Waals surface area (Å²) in [5, 5.41) is 2.88. The first-order valence-electron chi connectivity index (χ1n) is 8.57. The quantitative estimate of drug-likeness (QED) is 0.685. The Morgan fingerprint density at radius 2 is 1.52 bits per heavy atom. The maximum atomic E-state index is 13.4. The molecule has 3 rings (SSSR count). The zero-order valence-electron chi connectivity index (χ0n) is 15.2. The van der Waals surface area contributed by atoms with Crippen LogP contribution >= 0.6 is 0 Å². The number of amides is 2. The van der Waals surface area contributed by atoms with Crippen molar-refractivity contribution in [2.45, 2.75) is 6.04 Å². The van der Waals surface area contributed by atoms with Gasteiger partial charge in [-0.1, -0.05) is 54.6 Å². The molecule has 1 N–H and O–H groups in total. The minimum atomic E-state index is -0.360. The number of hydrogen-bond acceptors (Lipinski definition) is 2. The molecule has 0 unspecified atom stereocenters. The summed E-state index contributed by atoms with van der Waals surface area (Å²) in [4.78, 5) is 14.5. The third-order valence-electron chi connectivity index (χ3n) is 4.36. The minimum Gasteiger partial charge on any atom is -0.495 e. The van der Waals surface area contributed by atoms with Crippen LogP contribution in [0.2, 0.25) is 0 Å². The molecule has 0 aliphatic carbocycles. The van der Waals surface area contributed by atoms with Crippen LogP contribution in [0.15, 0.2) is 78.9 Å². The van der Waals surface area contributed by atoms with Crippen LogP contribution in [-0.2, 0) is 0 Å². The normalized spacial score (nSPS) is 11.5. The van der Waals surface area contributed by atoms with E-state index in [-0.39, 0.29) is 17.9 Å². The standard InChI is InChI=1S/C22H21FN2O2/c1-25(22(26)24-19-10-6-7-11-20(19)27-2)21(16-8-4-3-5-9-16)17-12-14-18(23)15-13-17/h3-15,21H,1-2H3,(H,24,26)/t21-/m1/s1. The molecule has 0 fully saturated rings. The van der Waals surface area contributed by atoms with Crippen molar-refractivity contribution in [2.75, 3.05) is 19.5 Å². The van der Waals surface area contributed by atoms with E-state index < -0.39 is 0 Å². The molecular formula is C22H21FN2O2. The van der Waals surface area contributed by atoms with Gasteiger partial charge >= 0.3 is 6.03 Å². The van der Waals surface area contributed by atoms with E-state index in [1.54, 1.807) is 43.3 Å². The molecule has 2 amide bonds. The molecule has 3 aromatic rings. The van der Waals surface area contributed by atoms with Gasteiger partial charge in [-0.3, -0.25) is 0 Å². The first-order valence-corrected chi connectivity index (χ1v) is 8.57. The highest BCUT2D eigenvalue weighted by molar-refractivity contribution is 5.91. The smallest absolute Gasteiger partial charge is 0.322 e. The Balaban J connectivity index is 1.91. The number of rotatable bonds is 5. The van der Waals surface area contributed by atoms with Crippen molar-refractivity contribution >= 4 is 11.7 Å². The second kappa shape index (κ2) is 8.36. The molecule has 0 saturated heterocycles. The number of nitrogens with one attached hydrogen (secondary N) is 1. The Hall–Kier alpha value is -3.34. The summed E-state index contributed by atoms with van der Waals surface area (Å²) in [5.41, 5.74) is 2.34. The van der Waals surface area contributed by atoms with Crippen LogP contribution in [0.4, 0.5) is 14.9 Å². The van der Waals surface area contributed by atoms with Crippen LogP contribution in [0.5, 0.6) is 5.75 Å². The molecule has 1 atom stereocenters. The summed E-state index contributed by atoms with van der Waals surface area (Å²) < 4.78 is 18.7. The van der Waals surface area contributed by atoms with E-state index in [0.717, 1.165) is 11.1 Å². The van der Waals surface area contributed by atoms with Crippen molar-refractivity contribution in [2.24, 2.45) is 0 Å². The Morgan fingerprint density at radius 3 is 2.19 bits per heavy atom. The molecule has 4 nitrogen and oxygen atoms in total. The van der Waals surface area contributed by atoms with Crippen molar-refractivity contribution in [1.29, 1.82) is 0 Å². The molecule has 0 aliphatic heterocycles. The van der Waals surface area contributed by atoms with Gasteiger partial charge in [0, 0.05) is 7.05 Å². The number of urea groups is 1. The Morgan fingerprint density at radius 1 is 0.926 bits per heavy atom. The number of nitrogens with zero attached hydrogens (tertiary/aromatic N) is 1. The number of anilines is 1. The summed E-state index contributed by atoms with van der Waals surface area (Å²) in [5.74, 6) is 0.268. The minimum absolute atomic E-state index is 0.294. The average molecular weight is 364 g/mol. The predicted molar refractivity (Wildman–Crippen MR) is 104 cm³/mol. The first kappa shape index (κ1) is 18.5. The number of benzene rings is 3. The number of hydrogen-bond donors (Lipinski definition) is 1. The van der Waals surface area contributed by atoms with E-state index >= 15 is 0 Å².